The largest absolute Gasteiger partial charge is 0.491 e. The van der Waals surface area contributed by atoms with E-state index in [0.29, 0.717) is 56.5 Å². The number of esters is 1. The quantitative estimate of drug-likeness (QED) is 0.251. The second-order valence-electron chi connectivity index (χ2n) is 10.9. The van der Waals surface area contributed by atoms with Gasteiger partial charge in [-0.15, -0.1) is 0 Å². The van der Waals surface area contributed by atoms with Crippen LogP contribution < -0.4 is 19.4 Å². The van der Waals surface area contributed by atoms with E-state index in [1.807, 2.05) is 17.2 Å². The van der Waals surface area contributed by atoms with Crippen LogP contribution in [0.5, 0.6) is 5.75 Å². The molecule has 42 heavy (non-hydrogen) atoms. The van der Waals surface area contributed by atoms with Gasteiger partial charge in [-0.2, -0.15) is 18.2 Å². The molecule has 2 aromatic heterocycles. The molecule has 3 aliphatic rings. The third kappa shape index (κ3) is 6.13. The molecule has 0 atom stereocenters. The predicted molar refractivity (Wildman–Crippen MR) is 152 cm³/mol. The number of fused-ring (bicyclic) bond motifs is 1. The lowest BCUT2D eigenvalue weighted by atomic mass is 10.1. The average Bonchev–Trinajstić information content (AvgIpc) is 3.71. The van der Waals surface area contributed by atoms with Crippen LogP contribution in [0.25, 0.3) is 11.3 Å². The maximum absolute atomic E-state index is 12.9. The van der Waals surface area contributed by atoms with Gasteiger partial charge in [0.1, 0.15) is 17.4 Å². The molecule has 1 aromatic carbocycles. The zero-order valence-electron chi connectivity index (χ0n) is 23.4. The highest BCUT2D eigenvalue weighted by atomic mass is 19.4. The SMILES string of the molecule is CCCN(CC1CC1)c1cc(N2CCc3c(-c4cccc(OC(=O)C(F)(F)F)c4)nc(N4CCOCC4)nc32)ccn1. The molecule has 0 amide bonds. The van der Waals surface area contributed by atoms with Crippen molar-refractivity contribution in [3.8, 4) is 17.0 Å². The van der Waals surface area contributed by atoms with E-state index in [4.69, 9.17) is 19.7 Å². The number of carbonyl (C=O) groups is 1. The van der Waals surface area contributed by atoms with Crippen LogP contribution in [-0.2, 0) is 16.0 Å². The van der Waals surface area contributed by atoms with E-state index < -0.39 is 12.1 Å². The lowest BCUT2D eigenvalue weighted by Crippen LogP contribution is -2.37. The van der Waals surface area contributed by atoms with E-state index in [1.54, 1.807) is 12.1 Å². The number of alkyl halides is 3. The van der Waals surface area contributed by atoms with Gasteiger partial charge in [0.05, 0.1) is 18.9 Å². The average molecular weight is 583 g/mol. The Bertz CT molecular complexity index is 1440. The highest BCUT2D eigenvalue weighted by Gasteiger charge is 2.41. The van der Waals surface area contributed by atoms with Crippen molar-refractivity contribution in [3.63, 3.8) is 0 Å². The number of nitrogens with zero attached hydrogens (tertiary/aromatic N) is 6. The summed E-state index contributed by atoms with van der Waals surface area (Å²) in [7, 11) is 0. The van der Waals surface area contributed by atoms with Gasteiger partial charge in [-0.1, -0.05) is 19.1 Å². The molecule has 4 heterocycles. The Morgan fingerprint density at radius 2 is 1.93 bits per heavy atom. The van der Waals surface area contributed by atoms with Crippen molar-refractivity contribution in [1.29, 1.82) is 0 Å². The van der Waals surface area contributed by atoms with Gasteiger partial charge in [-0.3, -0.25) is 0 Å². The smallest absolute Gasteiger partial charge is 0.420 e. The molecule has 0 N–H and O–H groups in total. The predicted octanol–water partition coefficient (Wildman–Crippen LogP) is 5.16. The van der Waals surface area contributed by atoms with Crippen LogP contribution in [0.4, 0.5) is 36.4 Å². The van der Waals surface area contributed by atoms with Gasteiger partial charge in [0.25, 0.3) is 0 Å². The number of morpholine rings is 1. The zero-order valence-corrected chi connectivity index (χ0v) is 23.4. The summed E-state index contributed by atoms with van der Waals surface area (Å²) in [6, 6.07) is 10.1. The molecule has 1 aliphatic carbocycles. The lowest BCUT2D eigenvalue weighted by Gasteiger charge is -2.29. The van der Waals surface area contributed by atoms with E-state index in [2.05, 4.69) is 27.5 Å². The molecule has 0 unspecified atom stereocenters. The molecule has 2 aliphatic heterocycles. The summed E-state index contributed by atoms with van der Waals surface area (Å²) < 4.78 is 48.7. The minimum Gasteiger partial charge on any atom is -0.420 e. The molecule has 6 rings (SSSR count). The molecule has 0 bridgehead atoms. The third-order valence-corrected chi connectivity index (χ3v) is 7.69. The Hall–Kier alpha value is -3.93. The first-order chi connectivity index (χ1) is 20.3. The van der Waals surface area contributed by atoms with Crippen molar-refractivity contribution in [3.05, 3.63) is 48.2 Å². The van der Waals surface area contributed by atoms with Gasteiger partial charge in [0.15, 0.2) is 0 Å². The van der Waals surface area contributed by atoms with Crippen LogP contribution in [0.3, 0.4) is 0 Å². The maximum atomic E-state index is 12.9. The standard InChI is InChI=1S/C30H33F3N6O3/c1-2-11-38(19-20-6-7-20)25-18-22(8-10-34-25)39-12-9-24-26(35-29(36-27(24)39)37-13-15-41-16-14-37)21-4-3-5-23(17-21)42-28(40)30(31,32)33/h3-5,8,10,17-18,20H,2,6-7,9,11-16,19H2,1H3. The zero-order chi connectivity index (χ0) is 29.3. The summed E-state index contributed by atoms with van der Waals surface area (Å²) in [6.45, 7) is 7.10. The Kier molecular flexibility index (Phi) is 7.89. The number of rotatable bonds is 9. The molecule has 3 aromatic rings. The second kappa shape index (κ2) is 11.7. The van der Waals surface area contributed by atoms with Crippen LogP contribution in [0.1, 0.15) is 31.7 Å². The van der Waals surface area contributed by atoms with Gasteiger partial charge >= 0.3 is 12.1 Å². The first kappa shape index (κ1) is 28.2. The van der Waals surface area contributed by atoms with E-state index in [9.17, 15) is 18.0 Å². The first-order valence-electron chi connectivity index (χ1n) is 14.4. The number of hydrogen-bond donors (Lipinski definition) is 0. The molecule has 9 nitrogen and oxygen atoms in total. The number of ether oxygens (including phenoxy) is 2. The number of carbonyl (C=O) groups excluding carboxylic acids is 1. The van der Waals surface area contributed by atoms with Crippen molar-refractivity contribution in [2.24, 2.45) is 5.92 Å². The number of aromatic nitrogens is 3. The van der Waals surface area contributed by atoms with E-state index in [0.717, 1.165) is 48.3 Å². The van der Waals surface area contributed by atoms with Gasteiger partial charge in [0, 0.05) is 61.8 Å². The molecule has 222 valence electrons. The van der Waals surface area contributed by atoms with E-state index >= 15 is 0 Å². The van der Waals surface area contributed by atoms with Gasteiger partial charge in [-0.05, 0) is 49.8 Å². The normalized spacial score (nSPS) is 16.9. The summed E-state index contributed by atoms with van der Waals surface area (Å²) >= 11 is 0. The Balaban J connectivity index is 1.38. The van der Waals surface area contributed by atoms with E-state index in [-0.39, 0.29) is 5.75 Å². The first-order valence-corrected chi connectivity index (χ1v) is 14.4. The second-order valence-corrected chi connectivity index (χ2v) is 10.9. The van der Waals surface area contributed by atoms with Gasteiger partial charge in [0.2, 0.25) is 5.95 Å². The van der Waals surface area contributed by atoms with Crippen molar-refractivity contribution in [2.75, 3.05) is 60.6 Å². The van der Waals surface area contributed by atoms with Crippen LogP contribution in [0.2, 0.25) is 0 Å². The van der Waals surface area contributed by atoms with Crippen molar-refractivity contribution in [1.82, 2.24) is 15.0 Å². The highest BCUT2D eigenvalue weighted by Crippen LogP contribution is 2.41. The topological polar surface area (TPSA) is 83.9 Å². The third-order valence-electron chi connectivity index (χ3n) is 7.69. The Morgan fingerprint density at radius 3 is 2.67 bits per heavy atom. The van der Waals surface area contributed by atoms with Gasteiger partial charge < -0.3 is 24.2 Å². The number of halogens is 3. The van der Waals surface area contributed by atoms with Crippen molar-refractivity contribution >= 4 is 29.2 Å². The summed E-state index contributed by atoms with van der Waals surface area (Å²) in [5.74, 6) is 0.479. The highest BCUT2D eigenvalue weighted by molar-refractivity contribution is 5.80. The Labute approximate surface area is 242 Å². The molecule has 1 saturated heterocycles. The maximum Gasteiger partial charge on any atom is 0.491 e. The molecular weight excluding hydrogens is 549 g/mol. The molecule has 1 saturated carbocycles. The minimum atomic E-state index is -5.09. The number of hydrogen-bond acceptors (Lipinski definition) is 9. The molecule has 0 radical (unpaired) electrons. The summed E-state index contributed by atoms with van der Waals surface area (Å²) in [5, 5.41) is 0. The van der Waals surface area contributed by atoms with E-state index in [1.165, 1.54) is 25.0 Å². The molecular formula is C30H33F3N6O3. The van der Waals surface area contributed by atoms with Gasteiger partial charge in [-0.25, -0.2) is 14.8 Å². The monoisotopic (exact) mass is 582 g/mol. The summed E-state index contributed by atoms with van der Waals surface area (Å²) in [5.41, 5.74) is 3.00. The number of anilines is 4. The fourth-order valence-corrected chi connectivity index (χ4v) is 5.44. The fourth-order valence-electron chi connectivity index (χ4n) is 5.44. The number of benzene rings is 1. The van der Waals surface area contributed by atoms with Crippen LogP contribution in [-0.4, -0.2) is 73.0 Å². The summed E-state index contributed by atoms with van der Waals surface area (Å²) in [4.78, 5) is 32.7. The fraction of sp³-hybridized carbons (Fsp3) is 0.467. The lowest BCUT2D eigenvalue weighted by molar-refractivity contribution is -0.189. The minimum absolute atomic E-state index is 0.199. The van der Waals surface area contributed by atoms with Crippen LogP contribution >= 0.6 is 0 Å². The Morgan fingerprint density at radius 1 is 1.12 bits per heavy atom. The van der Waals surface area contributed by atoms with Crippen LogP contribution in [0.15, 0.2) is 42.6 Å². The molecule has 2 fully saturated rings. The van der Waals surface area contributed by atoms with Crippen LogP contribution in [0, 0.1) is 5.92 Å². The molecule has 0 spiro atoms. The molecule has 12 heteroatoms. The number of pyridine rings is 1. The summed E-state index contributed by atoms with van der Waals surface area (Å²) in [6.07, 6.45) is 0.938. The van der Waals surface area contributed by atoms with Crippen molar-refractivity contribution < 1.29 is 27.4 Å². The van der Waals surface area contributed by atoms with Crippen molar-refractivity contribution in [2.45, 2.75) is 38.8 Å².